The van der Waals surface area contributed by atoms with E-state index >= 15 is 0 Å². The van der Waals surface area contributed by atoms with Gasteiger partial charge in [-0.05, 0) is 6.07 Å². The van der Waals surface area contributed by atoms with Crippen molar-refractivity contribution in [3.63, 3.8) is 0 Å². The highest BCUT2D eigenvalue weighted by molar-refractivity contribution is 6.05. The molecule has 0 fully saturated rings. The molecule has 0 saturated carbocycles. The molecule has 1 N–H and O–H groups in total. The van der Waals surface area contributed by atoms with Gasteiger partial charge in [0, 0.05) is 42.5 Å². The predicted molar refractivity (Wildman–Crippen MR) is 94.3 cm³/mol. The standard InChI is InChI=1S/C18H15N5O3/c1-10(15-8-13(23-26-15)12-3-2-6-19-12)7-14(24)17-11-4-5-16(25)22-18(11)21-9-20-17/h2,4-6,8-10H,3,7H2,1H3,(H,20,21,22,25)/t10-/m0/s1. The van der Waals surface area contributed by atoms with Crippen molar-refractivity contribution in [1.82, 2.24) is 20.1 Å². The second-order valence-electron chi connectivity index (χ2n) is 6.11. The Hall–Kier alpha value is -3.42. The van der Waals surface area contributed by atoms with Crippen molar-refractivity contribution in [1.29, 1.82) is 0 Å². The van der Waals surface area contributed by atoms with Gasteiger partial charge in [-0.15, -0.1) is 0 Å². The Morgan fingerprint density at radius 1 is 1.35 bits per heavy atom. The minimum absolute atomic E-state index is 0.158. The highest BCUT2D eigenvalue weighted by atomic mass is 16.5. The maximum Gasteiger partial charge on any atom is 0.249 e. The van der Waals surface area contributed by atoms with E-state index in [1.165, 1.54) is 12.4 Å². The molecule has 0 amide bonds. The number of pyridine rings is 1. The highest BCUT2D eigenvalue weighted by Gasteiger charge is 2.21. The van der Waals surface area contributed by atoms with Crippen LogP contribution >= 0.6 is 0 Å². The Kier molecular flexibility index (Phi) is 4.00. The number of Topliss-reactive ketones (excluding diaryl/α,β-unsaturated/α-hetero) is 1. The molecule has 0 bridgehead atoms. The van der Waals surface area contributed by atoms with Gasteiger partial charge in [-0.3, -0.25) is 14.6 Å². The van der Waals surface area contributed by atoms with Crippen LogP contribution in [0.3, 0.4) is 0 Å². The maximum absolute atomic E-state index is 12.7. The number of H-pyrrole nitrogens is 1. The molecule has 0 unspecified atom stereocenters. The second kappa shape index (κ2) is 6.47. The first-order valence-corrected chi connectivity index (χ1v) is 8.17. The van der Waals surface area contributed by atoms with E-state index in [-0.39, 0.29) is 29.4 Å². The van der Waals surface area contributed by atoms with Crippen molar-refractivity contribution in [2.24, 2.45) is 4.99 Å². The van der Waals surface area contributed by atoms with Crippen LogP contribution in [0.5, 0.6) is 0 Å². The van der Waals surface area contributed by atoms with Crippen LogP contribution in [0.15, 0.2) is 51.1 Å². The van der Waals surface area contributed by atoms with Gasteiger partial charge in [-0.2, -0.15) is 0 Å². The van der Waals surface area contributed by atoms with Crippen LogP contribution in [-0.2, 0) is 0 Å². The van der Waals surface area contributed by atoms with Gasteiger partial charge in [0.05, 0.1) is 5.71 Å². The third-order valence-electron chi connectivity index (χ3n) is 4.24. The summed E-state index contributed by atoms with van der Waals surface area (Å²) in [6.45, 7) is 1.89. The van der Waals surface area contributed by atoms with Gasteiger partial charge in [-0.25, -0.2) is 9.97 Å². The van der Waals surface area contributed by atoms with Crippen molar-refractivity contribution in [2.45, 2.75) is 25.7 Å². The molecular formula is C18H15N5O3. The van der Waals surface area contributed by atoms with E-state index in [1.54, 1.807) is 12.3 Å². The minimum atomic E-state index is -0.276. The molecule has 26 heavy (non-hydrogen) atoms. The maximum atomic E-state index is 12.7. The zero-order valence-corrected chi connectivity index (χ0v) is 14.0. The van der Waals surface area contributed by atoms with Gasteiger partial charge in [0.2, 0.25) is 5.56 Å². The van der Waals surface area contributed by atoms with Gasteiger partial charge < -0.3 is 9.51 Å². The van der Waals surface area contributed by atoms with Crippen LogP contribution in [0, 0.1) is 0 Å². The van der Waals surface area contributed by atoms with E-state index in [0.717, 1.165) is 12.1 Å². The summed E-state index contributed by atoms with van der Waals surface area (Å²) in [4.78, 5) is 39.0. The molecular weight excluding hydrogens is 334 g/mol. The average molecular weight is 349 g/mol. The fourth-order valence-electron chi connectivity index (χ4n) is 2.86. The molecule has 3 aromatic rings. The molecule has 1 aliphatic heterocycles. The summed E-state index contributed by atoms with van der Waals surface area (Å²) in [6, 6.07) is 4.73. The number of ketones is 1. The molecule has 0 aromatic carbocycles. The summed E-state index contributed by atoms with van der Waals surface area (Å²) in [5, 5.41) is 4.56. The van der Waals surface area contributed by atoms with Crippen LogP contribution < -0.4 is 5.56 Å². The summed E-state index contributed by atoms with van der Waals surface area (Å²) in [6.07, 6.45) is 5.88. The van der Waals surface area contributed by atoms with Crippen LogP contribution in [0.25, 0.3) is 11.0 Å². The number of nitrogens with one attached hydrogen (secondary N) is 1. The average Bonchev–Trinajstić information content (AvgIpc) is 3.32. The lowest BCUT2D eigenvalue weighted by atomic mass is 9.98. The lowest BCUT2D eigenvalue weighted by molar-refractivity contribution is 0.0968. The monoisotopic (exact) mass is 349 g/mol. The molecule has 3 aromatic heterocycles. The molecule has 8 nitrogen and oxygen atoms in total. The number of allylic oxidation sites excluding steroid dienone is 1. The topological polar surface area (TPSA) is 114 Å². The number of aromatic amines is 1. The number of carbonyl (C=O) groups excluding carboxylic acids is 1. The van der Waals surface area contributed by atoms with Crippen molar-refractivity contribution >= 4 is 22.5 Å². The summed E-state index contributed by atoms with van der Waals surface area (Å²) < 4.78 is 5.39. The second-order valence-corrected chi connectivity index (χ2v) is 6.11. The Balaban J connectivity index is 1.56. The Bertz CT molecular complexity index is 1110. The van der Waals surface area contributed by atoms with Gasteiger partial charge in [0.1, 0.15) is 29.1 Å². The first-order chi connectivity index (χ1) is 12.6. The molecule has 4 rings (SSSR count). The van der Waals surface area contributed by atoms with Crippen molar-refractivity contribution in [3.05, 3.63) is 64.3 Å². The number of hydrogen-bond donors (Lipinski definition) is 1. The summed E-state index contributed by atoms with van der Waals surface area (Å²) >= 11 is 0. The van der Waals surface area contributed by atoms with E-state index in [2.05, 4.69) is 25.1 Å². The largest absolute Gasteiger partial charge is 0.360 e. The number of aliphatic imine (C=N–C) groups is 1. The molecule has 8 heteroatoms. The third-order valence-corrected chi connectivity index (χ3v) is 4.24. The van der Waals surface area contributed by atoms with Gasteiger partial charge in [0.25, 0.3) is 0 Å². The van der Waals surface area contributed by atoms with E-state index in [4.69, 9.17) is 4.52 Å². The molecule has 130 valence electrons. The number of fused-ring (bicyclic) bond motifs is 1. The molecule has 0 radical (unpaired) electrons. The quantitative estimate of drug-likeness (QED) is 0.707. The minimum Gasteiger partial charge on any atom is -0.360 e. The van der Waals surface area contributed by atoms with E-state index in [9.17, 15) is 9.59 Å². The van der Waals surface area contributed by atoms with E-state index in [1.807, 2.05) is 19.1 Å². The molecule has 0 aliphatic carbocycles. The number of carbonyl (C=O) groups is 1. The Morgan fingerprint density at radius 2 is 2.23 bits per heavy atom. The number of hydrogen-bond acceptors (Lipinski definition) is 7. The van der Waals surface area contributed by atoms with Crippen molar-refractivity contribution in [2.75, 3.05) is 0 Å². The van der Waals surface area contributed by atoms with E-state index in [0.29, 0.717) is 22.5 Å². The highest BCUT2D eigenvalue weighted by Crippen LogP contribution is 2.24. The molecule has 1 aliphatic rings. The lowest BCUT2D eigenvalue weighted by Crippen LogP contribution is -2.11. The van der Waals surface area contributed by atoms with Gasteiger partial charge in [-0.1, -0.05) is 18.2 Å². The van der Waals surface area contributed by atoms with Crippen LogP contribution in [0.2, 0.25) is 0 Å². The van der Waals surface area contributed by atoms with Crippen molar-refractivity contribution in [3.8, 4) is 0 Å². The van der Waals surface area contributed by atoms with Gasteiger partial charge in [0.15, 0.2) is 5.78 Å². The Labute approximate surface area is 147 Å². The number of aromatic nitrogens is 4. The molecule has 1 atom stereocenters. The lowest BCUT2D eigenvalue weighted by Gasteiger charge is -2.07. The summed E-state index contributed by atoms with van der Waals surface area (Å²) in [5.74, 6) is 0.288. The first-order valence-electron chi connectivity index (χ1n) is 8.17. The zero-order valence-electron chi connectivity index (χ0n) is 14.0. The third kappa shape index (κ3) is 2.97. The SMILES string of the molecule is C[C@@H](CC(=O)c1ncnc2[nH]c(=O)ccc12)c1cc(C2=NC=CC2)no1. The summed E-state index contributed by atoms with van der Waals surface area (Å²) in [5.41, 5.74) is 1.89. The normalized spacial score (nSPS) is 14.6. The van der Waals surface area contributed by atoms with E-state index < -0.39 is 0 Å². The first kappa shape index (κ1) is 16.1. The predicted octanol–water partition coefficient (Wildman–Crippen LogP) is 2.39. The van der Waals surface area contributed by atoms with Crippen molar-refractivity contribution < 1.29 is 9.32 Å². The van der Waals surface area contributed by atoms with Crippen LogP contribution in [0.1, 0.15) is 47.6 Å². The summed E-state index contributed by atoms with van der Waals surface area (Å²) in [7, 11) is 0. The fourth-order valence-corrected chi connectivity index (χ4v) is 2.86. The molecule has 0 spiro atoms. The fraction of sp³-hybridized carbons (Fsp3) is 0.222. The van der Waals surface area contributed by atoms with Crippen LogP contribution in [-0.4, -0.2) is 31.6 Å². The van der Waals surface area contributed by atoms with Crippen LogP contribution in [0.4, 0.5) is 0 Å². The van der Waals surface area contributed by atoms with Gasteiger partial charge >= 0.3 is 0 Å². The Morgan fingerprint density at radius 3 is 3.04 bits per heavy atom. The molecule has 0 saturated heterocycles. The smallest absolute Gasteiger partial charge is 0.249 e. The molecule has 4 heterocycles. The zero-order chi connectivity index (χ0) is 18.1. The number of nitrogens with zero attached hydrogens (tertiary/aromatic N) is 4. The number of rotatable bonds is 5.